The molecule has 0 atom stereocenters. The molecule has 0 aliphatic rings. The van der Waals surface area contributed by atoms with E-state index < -0.39 is 0 Å². The summed E-state index contributed by atoms with van der Waals surface area (Å²) in [4.78, 5) is 68.9. The molecule has 0 bridgehead atoms. The maximum absolute atomic E-state index is 5.17. The highest BCUT2D eigenvalue weighted by molar-refractivity contribution is 6.13. The van der Waals surface area contributed by atoms with Crippen LogP contribution in [0.15, 0.2) is 510 Å². The van der Waals surface area contributed by atoms with Crippen molar-refractivity contribution in [2.75, 3.05) is 0 Å². The Morgan fingerprint density at radius 2 is 0.349 bits per heavy atom. The second-order valence-corrected chi connectivity index (χ2v) is 35.8. The van der Waals surface area contributed by atoms with E-state index in [1.807, 2.05) is 85.6 Å². The summed E-state index contributed by atoms with van der Waals surface area (Å²) in [5, 5.41) is 14.7. The Kier molecular flexibility index (Phi) is 23.4. The van der Waals surface area contributed by atoms with Crippen LogP contribution in [0.1, 0.15) is 0 Å². The quantitative estimate of drug-likeness (QED) is 0.0834. The third-order valence-corrected chi connectivity index (χ3v) is 26.9. The molecule has 19 aromatic carbocycles. The van der Waals surface area contributed by atoms with Gasteiger partial charge in [-0.3, -0.25) is 24.9 Å². The van der Waals surface area contributed by atoms with Crippen molar-refractivity contribution in [3.63, 3.8) is 0 Å². The smallest absolute Gasteiger partial charge is 0.164 e. The summed E-state index contributed by atoms with van der Waals surface area (Å²) < 4.78 is 0. The van der Waals surface area contributed by atoms with Crippen molar-refractivity contribution < 1.29 is 0 Å². The van der Waals surface area contributed by atoms with Crippen LogP contribution in [0.25, 0.3) is 267 Å². The van der Waals surface area contributed by atoms with Crippen LogP contribution >= 0.6 is 0 Å². The number of hydrogen-bond acceptors (Lipinski definition) is 14. The van der Waals surface area contributed by atoms with Gasteiger partial charge in [0.2, 0.25) is 0 Å². The van der Waals surface area contributed by atoms with Crippen LogP contribution in [0.4, 0.5) is 0 Å². The van der Waals surface area contributed by atoms with Crippen LogP contribution in [-0.4, -0.2) is 69.8 Å². The number of aromatic nitrogens is 14. The number of benzene rings is 19. The molecule has 0 saturated carbocycles. The minimum absolute atomic E-state index is 0.611. The van der Waals surface area contributed by atoms with E-state index in [4.69, 9.17) is 54.8 Å². The highest BCUT2D eigenvalue weighted by Crippen LogP contribution is 2.42. The average molecular weight is 1870 g/mol. The Morgan fingerprint density at radius 3 is 0.712 bits per heavy atom. The highest BCUT2D eigenvalue weighted by Gasteiger charge is 2.23. The van der Waals surface area contributed by atoms with Crippen molar-refractivity contribution in [3.8, 4) is 181 Å². The van der Waals surface area contributed by atoms with Crippen LogP contribution < -0.4 is 0 Å². The third kappa shape index (κ3) is 17.7. The Bertz CT molecular complexity index is 9160. The monoisotopic (exact) mass is 1860 g/mol. The molecule has 8 aromatic heterocycles. The molecule has 27 aromatic rings. The maximum Gasteiger partial charge on any atom is 0.164 e. The first kappa shape index (κ1) is 87.5. The van der Waals surface area contributed by atoms with E-state index in [2.05, 4.69) is 440 Å². The van der Waals surface area contributed by atoms with Crippen molar-refractivity contribution in [1.29, 1.82) is 0 Å². The van der Waals surface area contributed by atoms with E-state index >= 15 is 0 Å². The maximum atomic E-state index is 5.17. The molecule has 0 aliphatic heterocycles. The summed E-state index contributed by atoms with van der Waals surface area (Å²) in [5.74, 6) is 5.60. The topological polar surface area (TPSA) is 180 Å². The van der Waals surface area contributed by atoms with Gasteiger partial charge in [-0.25, -0.2) is 44.9 Å². The van der Waals surface area contributed by atoms with Gasteiger partial charge in [-0.1, -0.05) is 443 Å². The summed E-state index contributed by atoms with van der Waals surface area (Å²) in [6, 6.07) is 165. The van der Waals surface area contributed by atoms with Gasteiger partial charge in [-0.2, -0.15) is 0 Å². The summed E-state index contributed by atoms with van der Waals surface area (Å²) in [6.45, 7) is 0. The lowest BCUT2D eigenvalue weighted by atomic mass is 9.96. The fourth-order valence-corrected chi connectivity index (χ4v) is 19.5. The number of fused-ring (bicyclic) bond motifs is 9. The molecule has 0 unspecified atom stereocenters. The Morgan fingerprint density at radius 1 is 0.110 bits per heavy atom. The molecule has 0 N–H and O–H groups in total. The van der Waals surface area contributed by atoms with Gasteiger partial charge in [0.25, 0.3) is 0 Å². The van der Waals surface area contributed by atoms with E-state index in [0.29, 0.717) is 52.4 Å². The zero-order valence-corrected chi connectivity index (χ0v) is 78.8. The SMILES string of the molecule is c1ccc(-c2ccc(-c3nc(-c4ccc(-c5ccccc5)cc4)nc(-c4ccc(-c5cccc6cccnc56)cc4)n3)cc2)cc1.c1ccc2c(-c3nc(-c4ccc(-c5nccc6ccccc56)cc4)nc(-c4ccc(-c5nccc6ccccc56)cc4)n3)cccc2c1.c1cnc2c(-c3ccc(-c4nc(-c5ccc(-c6cccc7cccnc67)cc5)nc(-c5cc6ccccc6c6ccccc56)n4)cc3)cccc2c1. The van der Waals surface area contributed by atoms with Crippen molar-refractivity contribution in [2.45, 2.75) is 0 Å². The van der Waals surface area contributed by atoms with Crippen LogP contribution in [0, 0.1) is 0 Å². The van der Waals surface area contributed by atoms with Gasteiger partial charge >= 0.3 is 0 Å². The van der Waals surface area contributed by atoms with E-state index in [9.17, 15) is 0 Å². The molecule has 0 saturated heterocycles. The summed E-state index contributed by atoms with van der Waals surface area (Å²) in [5.41, 5.74) is 26.4. The zero-order chi connectivity index (χ0) is 97.0. The third-order valence-electron chi connectivity index (χ3n) is 26.9. The van der Waals surface area contributed by atoms with Crippen molar-refractivity contribution in [2.24, 2.45) is 0 Å². The Balaban J connectivity index is 0.000000114. The van der Waals surface area contributed by atoms with E-state index in [1.54, 1.807) is 0 Å². The Labute approximate surface area is 841 Å². The summed E-state index contributed by atoms with van der Waals surface area (Å²) >= 11 is 0. The molecule has 0 amide bonds. The van der Waals surface area contributed by atoms with E-state index in [0.717, 1.165) is 193 Å². The average Bonchev–Trinajstić information content (AvgIpc) is 0.782. The fraction of sp³-hybridized carbons (Fsp3) is 0. The van der Waals surface area contributed by atoms with Gasteiger partial charge in [-0.15, -0.1) is 0 Å². The standard InChI is InChI=1S/C47H29N5.C43H27N5.C42H28N4/c1-2-14-37-36(9-1)29-42(41-16-4-3-15-40(37)41)47-51-45(34-23-19-30(20-24-34)38-17-5-10-32-12-7-27-48-43(32)38)50-46(52-47)35-25-21-31(22-26-35)39-18-6-11-33-13-8-28-49-44(33)39;1-4-12-35-28(8-1)11-7-15-38(35)43-47-41(33-20-16-31(17-21-33)39-36-13-5-2-9-29(36)24-26-44-39)46-42(48-43)34-22-18-32(19-23-34)40-37-14-6-3-10-30(37)25-27-45-40;1-3-9-29(10-4-1)31-16-22-35(23-17-31)40-44-41(36-24-18-32(19-25-36)30-11-5-2-6-12-30)46-42(45-40)37-26-20-33(21-27-37)38-15-7-13-34-14-8-28-43-39(34)38/h1-29H;1-27H;1-28H. The lowest BCUT2D eigenvalue weighted by molar-refractivity contribution is 1.07. The van der Waals surface area contributed by atoms with Gasteiger partial charge in [-0.05, 0) is 118 Å². The number of para-hydroxylation sites is 3. The Hall–Kier alpha value is -20.0. The lowest BCUT2D eigenvalue weighted by Crippen LogP contribution is -2.01. The number of nitrogens with zero attached hydrogens (tertiary/aromatic N) is 14. The largest absolute Gasteiger partial charge is 0.256 e. The molecule has 8 heterocycles. The molecular formula is C132H84N14. The molecule has 682 valence electrons. The number of hydrogen-bond donors (Lipinski definition) is 0. The van der Waals surface area contributed by atoms with Gasteiger partial charge < -0.3 is 0 Å². The van der Waals surface area contributed by atoms with Crippen LogP contribution in [0.3, 0.4) is 0 Å². The predicted octanol–water partition coefficient (Wildman–Crippen LogP) is 32.5. The lowest BCUT2D eigenvalue weighted by Gasteiger charge is -2.13. The molecule has 0 aliphatic carbocycles. The van der Waals surface area contributed by atoms with Crippen LogP contribution in [-0.2, 0) is 0 Å². The molecule has 146 heavy (non-hydrogen) atoms. The predicted molar refractivity (Wildman–Crippen MR) is 595 cm³/mol. The molecular weight excluding hydrogens is 1780 g/mol. The first-order valence-electron chi connectivity index (χ1n) is 48.6. The van der Waals surface area contributed by atoms with Crippen molar-refractivity contribution in [1.82, 2.24) is 69.8 Å². The summed E-state index contributed by atoms with van der Waals surface area (Å²) in [7, 11) is 0. The van der Waals surface area contributed by atoms with Gasteiger partial charge in [0.05, 0.1) is 27.9 Å². The molecule has 0 fully saturated rings. The molecule has 27 rings (SSSR count). The van der Waals surface area contributed by atoms with E-state index in [-0.39, 0.29) is 0 Å². The molecule has 14 nitrogen and oxygen atoms in total. The van der Waals surface area contributed by atoms with Crippen molar-refractivity contribution >= 4 is 86.6 Å². The zero-order valence-electron chi connectivity index (χ0n) is 78.8. The first-order chi connectivity index (χ1) is 72.3. The van der Waals surface area contributed by atoms with Crippen LogP contribution in [0.2, 0.25) is 0 Å². The fourth-order valence-electron chi connectivity index (χ4n) is 19.5. The summed E-state index contributed by atoms with van der Waals surface area (Å²) in [6.07, 6.45) is 9.25. The van der Waals surface area contributed by atoms with Gasteiger partial charge in [0.1, 0.15) is 0 Å². The highest BCUT2D eigenvalue weighted by atomic mass is 15.1. The van der Waals surface area contributed by atoms with E-state index in [1.165, 1.54) is 21.9 Å². The number of rotatable bonds is 16. The van der Waals surface area contributed by atoms with Gasteiger partial charge in [0, 0.05) is 136 Å². The molecule has 0 spiro atoms. The van der Waals surface area contributed by atoms with Crippen LogP contribution in [0.5, 0.6) is 0 Å². The minimum atomic E-state index is 0.611. The number of pyridine rings is 5. The molecule has 14 heteroatoms. The minimum Gasteiger partial charge on any atom is -0.256 e. The molecule has 0 radical (unpaired) electrons. The normalized spacial score (nSPS) is 11.3. The van der Waals surface area contributed by atoms with Crippen molar-refractivity contribution in [3.05, 3.63) is 510 Å². The second-order valence-electron chi connectivity index (χ2n) is 35.8. The first-order valence-corrected chi connectivity index (χ1v) is 48.6. The van der Waals surface area contributed by atoms with Gasteiger partial charge in [0.15, 0.2) is 52.4 Å². The second kappa shape index (κ2) is 39.0.